The van der Waals surface area contributed by atoms with Gasteiger partial charge in [-0.2, -0.15) is 0 Å². The highest BCUT2D eigenvalue weighted by Gasteiger charge is 2.37. The van der Waals surface area contributed by atoms with Gasteiger partial charge in [-0.15, -0.1) is 0 Å². The van der Waals surface area contributed by atoms with Crippen molar-refractivity contribution >= 4 is 11.9 Å². The maximum absolute atomic E-state index is 11.3. The summed E-state index contributed by atoms with van der Waals surface area (Å²) in [6.07, 6.45) is 2.98. The first kappa shape index (κ1) is 13.1. The Labute approximate surface area is 98.8 Å². The van der Waals surface area contributed by atoms with Gasteiger partial charge in [-0.1, -0.05) is 6.07 Å². The fourth-order valence-corrected chi connectivity index (χ4v) is 1.43. The lowest BCUT2D eigenvalue weighted by Crippen LogP contribution is -2.54. The summed E-state index contributed by atoms with van der Waals surface area (Å²) in [5.41, 5.74) is 4.17. The van der Waals surface area contributed by atoms with E-state index >= 15 is 0 Å². The molecule has 1 heterocycles. The third-order valence-corrected chi connectivity index (χ3v) is 2.60. The number of nitrogens with one attached hydrogen (secondary N) is 1. The van der Waals surface area contributed by atoms with Gasteiger partial charge in [-0.3, -0.25) is 15.1 Å². The Morgan fingerprint density at radius 1 is 1.59 bits per heavy atom. The Balaban J connectivity index is 3.07. The number of carboxylic acids is 1. The predicted molar refractivity (Wildman–Crippen MR) is 61.0 cm³/mol. The molecule has 0 radical (unpaired) electrons. The van der Waals surface area contributed by atoms with Gasteiger partial charge in [0.2, 0.25) is 5.91 Å². The highest BCUT2D eigenvalue weighted by molar-refractivity contribution is 5.83. The minimum Gasteiger partial charge on any atom is -0.480 e. The first-order valence-electron chi connectivity index (χ1n) is 5.09. The normalized spacial score (nSPS) is 15.9. The van der Waals surface area contributed by atoms with E-state index in [0.29, 0.717) is 5.56 Å². The number of pyridine rings is 1. The number of rotatable bonds is 5. The van der Waals surface area contributed by atoms with E-state index in [9.17, 15) is 14.7 Å². The molecule has 0 aliphatic rings. The smallest absolute Gasteiger partial charge is 0.328 e. The van der Waals surface area contributed by atoms with E-state index in [1.54, 1.807) is 18.3 Å². The van der Waals surface area contributed by atoms with Gasteiger partial charge in [-0.05, 0) is 19.9 Å². The third-order valence-electron chi connectivity index (χ3n) is 2.60. The fraction of sp³-hybridized carbons (Fsp3) is 0.364. The van der Waals surface area contributed by atoms with Gasteiger partial charge < -0.3 is 10.8 Å². The maximum atomic E-state index is 11.3. The van der Waals surface area contributed by atoms with Crippen LogP contribution >= 0.6 is 0 Å². The Hall–Kier alpha value is -1.95. The second-order valence-corrected chi connectivity index (χ2v) is 3.94. The molecule has 1 aromatic heterocycles. The lowest BCUT2D eigenvalue weighted by molar-refractivity contribution is -0.145. The quantitative estimate of drug-likeness (QED) is 0.660. The molecule has 2 unspecified atom stereocenters. The molecule has 2 atom stereocenters. The van der Waals surface area contributed by atoms with Crippen molar-refractivity contribution in [2.45, 2.75) is 25.4 Å². The highest BCUT2D eigenvalue weighted by atomic mass is 16.4. The van der Waals surface area contributed by atoms with Crippen molar-refractivity contribution in [2.75, 3.05) is 0 Å². The molecular formula is C11H15N3O3. The van der Waals surface area contributed by atoms with E-state index < -0.39 is 23.5 Å². The number of amides is 1. The van der Waals surface area contributed by atoms with Crippen LogP contribution in [0.4, 0.5) is 0 Å². The zero-order valence-corrected chi connectivity index (χ0v) is 9.68. The van der Waals surface area contributed by atoms with Gasteiger partial charge in [0.25, 0.3) is 0 Å². The topological polar surface area (TPSA) is 105 Å². The van der Waals surface area contributed by atoms with E-state index in [1.807, 2.05) is 0 Å². The van der Waals surface area contributed by atoms with Gasteiger partial charge in [0, 0.05) is 18.0 Å². The van der Waals surface area contributed by atoms with E-state index in [1.165, 1.54) is 20.0 Å². The van der Waals surface area contributed by atoms with Crippen molar-refractivity contribution in [3.63, 3.8) is 0 Å². The van der Waals surface area contributed by atoms with Crippen molar-refractivity contribution in [2.24, 2.45) is 5.73 Å². The van der Waals surface area contributed by atoms with Crippen LogP contribution in [0.25, 0.3) is 0 Å². The second kappa shape index (κ2) is 4.92. The van der Waals surface area contributed by atoms with Gasteiger partial charge in [-0.25, -0.2) is 4.79 Å². The molecule has 0 aliphatic carbocycles. The Bertz CT molecular complexity index is 421. The standard InChI is InChI=1S/C11H15N3O3/c1-7(9(12)15)14-11(2,10(16)17)8-4-3-5-13-6-8/h3-7,14H,1-2H3,(H2,12,15)(H,16,17). The Morgan fingerprint density at radius 3 is 2.65 bits per heavy atom. The molecule has 0 fully saturated rings. The summed E-state index contributed by atoms with van der Waals surface area (Å²) in [6, 6.07) is 2.51. The van der Waals surface area contributed by atoms with Crippen LogP contribution < -0.4 is 11.1 Å². The number of carbonyl (C=O) groups is 2. The Morgan fingerprint density at radius 2 is 2.24 bits per heavy atom. The zero-order valence-electron chi connectivity index (χ0n) is 9.68. The van der Waals surface area contributed by atoms with Gasteiger partial charge in [0.15, 0.2) is 0 Å². The summed E-state index contributed by atoms with van der Waals surface area (Å²) in [5, 5.41) is 12.0. The van der Waals surface area contributed by atoms with Gasteiger partial charge in [0.1, 0.15) is 5.54 Å². The summed E-state index contributed by atoms with van der Waals surface area (Å²) in [5.74, 6) is -1.71. The largest absolute Gasteiger partial charge is 0.480 e. The fourth-order valence-electron chi connectivity index (χ4n) is 1.43. The maximum Gasteiger partial charge on any atom is 0.328 e. The molecule has 0 aromatic carbocycles. The molecule has 0 saturated carbocycles. The summed E-state index contributed by atoms with van der Waals surface area (Å²) < 4.78 is 0. The molecule has 6 heteroatoms. The number of hydrogen-bond acceptors (Lipinski definition) is 4. The first-order chi connectivity index (χ1) is 7.88. The van der Waals surface area contributed by atoms with Crippen LogP contribution in [0.2, 0.25) is 0 Å². The monoisotopic (exact) mass is 237 g/mol. The van der Waals surface area contributed by atoms with Crippen molar-refractivity contribution < 1.29 is 14.7 Å². The number of nitrogens with two attached hydrogens (primary N) is 1. The number of aliphatic carboxylic acids is 1. The summed E-state index contributed by atoms with van der Waals surface area (Å²) in [7, 11) is 0. The van der Waals surface area contributed by atoms with Crippen LogP contribution in [-0.2, 0) is 15.1 Å². The van der Waals surface area contributed by atoms with Crippen LogP contribution in [0.3, 0.4) is 0 Å². The zero-order chi connectivity index (χ0) is 13.1. The van der Waals surface area contributed by atoms with E-state index in [0.717, 1.165) is 0 Å². The molecule has 0 aliphatic heterocycles. The molecule has 17 heavy (non-hydrogen) atoms. The molecule has 0 spiro atoms. The third kappa shape index (κ3) is 2.79. The van der Waals surface area contributed by atoms with Gasteiger partial charge in [0.05, 0.1) is 6.04 Å². The lowest BCUT2D eigenvalue weighted by Gasteiger charge is -2.28. The number of carbonyl (C=O) groups excluding carboxylic acids is 1. The number of hydrogen-bond donors (Lipinski definition) is 3. The molecule has 0 bridgehead atoms. The van der Waals surface area contributed by atoms with Crippen LogP contribution in [0, 0.1) is 0 Å². The average molecular weight is 237 g/mol. The minimum absolute atomic E-state index is 0.459. The summed E-state index contributed by atoms with van der Waals surface area (Å²) in [6.45, 7) is 2.98. The minimum atomic E-state index is -1.40. The van der Waals surface area contributed by atoms with Crippen molar-refractivity contribution in [1.29, 1.82) is 0 Å². The molecule has 1 amide bonds. The average Bonchev–Trinajstić information content (AvgIpc) is 2.29. The molecule has 4 N–H and O–H groups in total. The molecule has 6 nitrogen and oxygen atoms in total. The molecule has 92 valence electrons. The van der Waals surface area contributed by atoms with Crippen LogP contribution in [0.1, 0.15) is 19.4 Å². The molecule has 1 aromatic rings. The van der Waals surface area contributed by atoms with Crippen LogP contribution in [0.15, 0.2) is 24.5 Å². The van der Waals surface area contributed by atoms with Crippen molar-refractivity contribution in [3.8, 4) is 0 Å². The highest BCUT2D eigenvalue weighted by Crippen LogP contribution is 2.20. The molecule has 1 rings (SSSR count). The Kier molecular flexibility index (Phi) is 3.80. The van der Waals surface area contributed by atoms with Crippen LogP contribution in [0.5, 0.6) is 0 Å². The molecule has 0 saturated heterocycles. The first-order valence-corrected chi connectivity index (χ1v) is 5.09. The second-order valence-electron chi connectivity index (χ2n) is 3.94. The van der Waals surface area contributed by atoms with Crippen molar-refractivity contribution in [3.05, 3.63) is 30.1 Å². The van der Waals surface area contributed by atoms with E-state index in [4.69, 9.17) is 5.73 Å². The van der Waals surface area contributed by atoms with Crippen LogP contribution in [-0.4, -0.2) is 28.0 Å². The molecular weight excluding hydrogens is 222 g/mol. The number of carboxylic acid groups (broad SMARTS) is 1. The number of nitrogens with zero attached hydrogens (tertiary/aromatic N) is 1. The van der Waals surface area contributed by atoms with Gasteiger partial charge >= 0.3 is 5.97 Å². The van der Waals surface area contributed by atoms with Crippen molar-refractivity contribution in [1.82, 2.24) is 10.3 Å². The predicted octanol–water partition coefficient (Wildman–Crippen LogP) is -0.155. The summed E-state index contributed by atoms with van der Waals surface area (Å²) in [4.78, 5) is 26.2. The summed E-state index contributed by atoms with van der Waals surface area (Å²) >= 11 is 0. The number of primary amides is 1. The van der Waals surface area contributed by atoms with E-state index in [-0.39, 0.29) is 0 Å². The number of aromatic nitrogens is 1. The lowest BCUT2D eigenvalue weighted by atomic mass is 9.92. The SMILES string of the molecule is CC(NC(C)(C(=O)O)c1cccnc1)C(N)=O. The van der Waals surface area contributed by atoms with E-state index in [2.05, 4.69) is 10.3 Å².